The molecular weight excluding hydrogens is 240 g/mol. The van der Waals surface area contributed by atoms with Gasteiger partial charge in [-0.1, -0.05) is 17.7 Å². The number of carboxylic acid groups (broad SMARTS) is 1. The highest BCUT2D eigenvalue weighted by Crippen LogP contribution is 2.23. The summed E-state index contributed by atoms with van der Waals surface area (Å²) in [6, 6.07) is 5.91. The molecule has 90 valence electrons. The van der Waals surface area contributed by atoms with Crippen molar-refractivity contribution < 1.29 is 9.90 Å². The lowest BCUT2D eigenvalue weighted by molar-refractivity contribution is -0.137. The van der Waals surface area contributed by atoms with Crippen molar-refractivity contribution in [3.05, 3.63) is 28.9 Å². The van der Waals surface area contributed by atoms with Crippen LogP contribution >= 0.6 is 11.6 Å². The normalized spacial score (nSPS) is 10.9. The summed E-state index contributed by atoms with van der Waals surface area (Å²) in [5.74, 6) is -0.755. The molecule has 5 heteroatoms. The van der Waals surface area contributed by atoms with Crippen LogP contribution in [0.3, 0.4) is 0 Å². The second-order valence-corrected chi connectivity index (χ2v) is 4.37. The van der Waals surface area contributed by atoms with Crippen LogP contribution < -0.4 is 0 Å². The number of hydrogen-bond acceptors (Lipinski definition) is 2. The van der Waals surface area contributed by atoms with Crippen LogP contribution in [-0.2, 0) is 18.3 Å². The number of benzene rings is 1. The molecule has 0 unspecified atom stereocenters. The van der Waals surface area contributed by atoms with E-state index < -0.39 is 5.97 Å². The largest absolute Gasteiger partial charge is 0.481 e. The Morgan fingerprint density at radius 3 is 3.00 bits per heavy atom. The molecule has 0 saturated carbocycles. The summed E-state index contributed by atoms with van der Waals surface area (Å²) >= 11 is 5.97. The molecule has 1 heterocycles. The maximum Gasteiger partial charge on any atom is 0.303 e. The number of fused-ring (bicyclic) bond motifs is 1. The maximum absolute atomic E-state index is 10.4. The number of aryl methyl sites for hydroxylation is 2. The number of nitrogens with zero attached hydrogens (tertiary/aromatic N) is 2. The predicted octanol–water partition coefficient (Wildman–Crippen LogP) is 2.63. The average molecular weight is 253 g/mol. The molecule has 0 saturated heterocycles. The number of carboxylic acids is 1. The van der Waals surface area contributed by atoms with Crippen LogP contribution in [0.1, 0.15) is 18.4 Å². The van der Waals surface area contributed by atoms with Gasteiger partial charge in [0.2, 0.25) is 0 Å². The zero-order chi connectivity index (χ0) is 12.4. The van der Waals surface area contributed by atoms with Crippen molar-refractivity contribution in [3.63, 3.8) is 0 Å². The predicted molar refractivity (Wildman–Crippen MR) is 66.3 cm³/mol. The quantitative estimate of drug-likeness (QED) is 0.910. The van der Waals surface area contributed by atoms with Gasteiger partial charge in [0, 0.05) is 18.9 Å². The molecule has 2 rings (SSSR count). The Bertz CT molecular complexity index is 563. The third kappa shape index (κ3) is 2.58. The average Bonchev–Trinajstić information content (AvgIpc) is 2.54. The summed E-state index contributed by atoms with van der Waals surface area (Å²) < 4.78 is 1.73. The first-order valence-corrected chi connectivity index (χ1v) is 5.78. The van der Waals surface area contributed by atoms with Gasteiger partial charge in [-0.3, -0.25) is 9.48 Å². The Labute approximate surface area is 104 Å². The number of halogens is 1. The van der Waals surface area contributed by atoms with E-state index in [2.05, 4.69) is 5.10 Å². The molecule has 4 nitrogen and oxygen atoms in total. The maximum atomic E-state index is 10.4. The van der Waals surface area contributed by atoms with Gasteiger partial charge in [-0.05, 0) is 30.5 Å². The Morgan fingerprint density at radius 2 is 2.29 bits per heavy atom. The summed E-state index contributed by atoms with van der Waals surface area (Å²) in [5, 5.41) is 14.1. The van der Waals surface area contributed by atoms with Crippen molar-refractivity contribution in [1.82, 2.24) is 9.78 Å². The molecule has 0 radical (unpaired) electrons. The number of rotatable bonds is 4. The van der Waals surface area contributed by atoms with Crippen molar-refractivity contribution in [3.8, 4) is 0 Å². The topological polar surface area (TPSA) is 55.1 Å². The second kappa shape index (κ2) is 4.75. The van der Waals surface area contributed by atoms with Gasteiger partial charge in [0.1, 0.15) is 0 Å². The minimum absolute atomic E-state index is 0.199. The first kappa shape index (κ1) is 11.9. The van der Waals surface area contributed by atoms with E-state index in [1.54, 1.807) is 4.68 Å². The van der Waals surface area contributed by atoms with Crippen molar-refractivity contribution in [2.24, 2.45) is 7.05 Å². The Kier molecular flexibility index (Phi) is 3.33. The first-order chi connectivity index (χ1) is 8.08. The van der Waals surface area contributed by atoms with Crippen molar-refractivity contribution in [2.75, 3.05) is 0 Å². The van der Waals surface area contributed by atoms with Gasteiger partial charge in [-0.25, -0.2) is 0 Å². The SMILES string of the molecule is Cn1nc(Cl)c2ccc(CCCC(=O)O)cc21. The monoisotopic (exact) mass is 252 g/mol. The fraction of sp³-hybridized carbons (Fsp3) is 0.333. The Balaban J connectivity index is 2.19. The summed E-state index contributed by atoms with van der Waals surface area (Å²) in [7, 11) is 1.84. The van der Waals surface area contributed by atoms with Crippen LogP contribution in [0.25, 0.3) is 10.9 Å². The van der Waals surface area contributed by atoms with E-state index >= 15 is 0 Å². The van der Waals surface area contributed by atoms with Gasteiger partial charge in [0.25, 0.3) is 0 Å². The van der Waals surface area contributed by atoms with Crippen LogP contribution in [-0.4, -0.2) is 20.9 Å². The van der Waals surface area contributed by atoms with E-state index in [1.165, 1.54) is 0 Å². The smallest absolute Gasteiger partial charge is 0.303 e. The van der Waals surface area contributed by atoms with Crippen LogP contribution in [0.5, 0.6) is 0 Å². The standard InChI is InChI=1S/C12H13ClN2O2/c1-15-10-7-8(3-2-4-11(16)17)5-6-9(10)12(13)14-15/h5-7H,2-4H2,1H3,(H,16,17). The summed E-state index contributed by atoms with van der Waals surface area (Å²) in [6.45, 7) is 0. The lowest BCUT2D eigenvalue weighted by Gasteiger charge is -2.01. The summed E-state index contributed by atoms with van der Waals surface area (Å²) in [4.78, 5) is 10.4. The molecule has 1 aromatic carbocycles. The molecule has 1 aromatic heterocycles. The second-order valence-electron chi connectivity index (χ2n) is 4.01. The molecule has 17 heavy (non-hydrogen) atoms. The minimum Gasteiger partial charge on any atom is -0.481 e. The molecule has 0 atom stereocenters. The molecule has 1 N–H and O–H groups in total. The number of hydrogen-bond donors (Lipinski definition) is 1. The molecule has 0 spiro atoms. The van der Waals surface area contributed by atoms with Gasteiger partial charge in [-0.15, -0.1) is 0 Å². The zero-order valence-corrected chi connectivity index (χ0v) is 10.2. The molecule has 2 aromatic rings. The van der Waals surface area contributed by atoms with Gasteiger partial charge < -0.3 is 5.11 Å². The number of aliphatic carboxylic acids is 1. The highest BCUT2D eigenvalue weighted by atomic mass is 35.5. The lowest BCUT2D eigenvalue weighted by atomic mass is 10.1. The van der Waals surface area contributed by atoms with E-state index in [4.69, 9.17) is 16.7 Å². The summed E-state index contributed by atoms with van der Waals surface area (Å²) in [6.07, 6.45) is 1.60. The van der Waals surface area contributed by atoms with E-state index in [-0.39, 0.29) is 6.42 Å². The van der Waals surface area contributed by atoms with Crippen LogP contribution in [0.4, 0.5) is 0 Å². The fourth-order valence-corrected chi connectivity index (χ4v) is 2.13. The van der Waals surface area contributed by atoms with Gasteiger partial charge in [-0.2, -0.15) is 5.10 Å². The lowest BCUT2D eigenvalue weighted by Crippen LogP contribution is -1.96. The van der Waals surface area contributed by atoms with Crippen molar-refractivity contribution >= 4 is 28.5 Å². The third-order valence-electron chi connectivity index (χ3n) is 2.73. The van der Waals surface area contributed by atoms with E-state index in [0.717, 1.165) is 22.9 Å². The van der Waals surface area contributed by atoms with E-state index in [0.29, 0.717) is 11.6 Å². The molecule has 0 amide bonds. The Hall–Kier alpha value is -1.55. The first-order valence-electron chi connectivity index (χ1n) is 5.41. The minimum atomic E-state index is -0.755. The van der Waals surface area contributed by atoms with E-state index in [1.807, 2.05) is 25.2 Å². The molecule has 0 aliphatic heterocycles. The fourth-order valence-electron chi connectivity index (χ4n) is 1.86. The van der Waals surface area contributed by atoms with Gasteiger partial charge >= 0.3 is 5.97 Å². The van der Waals surface area contributed by atoms with Crippen LogP contribution in [0.15, 0.2) is 18.2 Å². The Morgan fingerprint density at radius 1 is 1.53 bits per heavy atom. The van der Waals surface area contributed by atoms with Crippen LogP contribution in [0.2, 0.25) is 5.15 Å². The number of aromatic nitrogens is 2. The van der Waals surface area contributed by atoms with Gasteiger partial charge in [0.15, 0.2) is 5.15 Å². The van der Waals surface area contributed by atoms with E-state index in [9.17, 15) is 4.79 Å². The number of carbonyl (C=O) groups is 1. The highest BCUT2D eigenvalue weighted by molar-refractivity contribution is 6.34. The highest BCUT2D eigenvalue weighted by Gasteiger charge is 2.07. The molecular formula is C12H13ClN2O2. The van der Waals surface area contributed by atoms with Crippen LogP contribution in [0, 0.1) is 0 Å². The molecule has 0 aliphatic carbocycles. The molecule has 0 aliphatic rings. The van der Waals surface area contributed by atoms with Crippen molar-refractivity contribution in [1.29, 1.82) is 0 Å². The van der Waals surface area contributed by atoms with Crippen molar-refractivity contribution in [2.45, 2.75) is 19.3 Å². The third-order valence-corrected chi connectivity index (χ3v) is 3.01. The molecule has 0 bridgehead atoms. The molecule has 0 fully saturated rings. The zero-order valence-electron chi connectivity index (χ0n) is 9.48. The van der Waals surface area contributed by atoms with Gasteiger partial charge in [0.05, 0.1) is 5.52 Å². The summed E-state index contributed by atoms with van der Waals surface area (Å²) in [5.41, 5.74) is 2.08.